The van der Waals surface area contributed by atoms with E-state index in [1.807, 2.05) is 18.2 Å². The molecule has 3 aromatic rings. The summed E-state index contributed by atoms with van der Waals surface area (Å²) in [6.45, 7) is -1.22. The lowest BCUT2D eigenvalue weighted by Crippen LogP contribution is -2.15. The van der Waals surface area contributed by atoms with Crippen LogP contribution in [0.3, 0.4) is 0 Å². The number of imidazole rings is 1. The van der Waals surface area contributed by atoms with Crippen molar-refractivity contribution in [3.8, 4) is 0 Å². The largest absolute Gasteiger partial charge is 0.454 e. The van der Waals surface area contributed by atoms with Gasteiger partial charge >= 0.3 is 12.5 Å². The van der Waals surface area contributed by atoms with Crippen LogP contribution in [-0.4, -0.2) is 26.3 Å². The topological polar surface area (TPSA) is 57.0 Å². The molecule has 0 saturated heterocycles. The van der Waals surface area contributed by atoms with E-state index in [9.17, 15) is 13.6 Å². The van der Waals surface area contributed by atoms with Crippen LogP contribution in [0.4, 0.5) is 8.78 Å². The number of benzene rings is 1. The van der Waals surface area contributed by atoms with Gasteiger partial charge in [0.05, 0.1) is 22.5 Å². The number of esters is 1. The van der Waals surface area contributed by atoms with Crippen molar-refractivity contribution in [2.45, 2.75) is 25.3 Å². The Kier molecular flexibility index (Phi) is 5.82. The van der Waals surface area contributed by atoms with Crippen molar-refractivity contribution in [3.63, 3.8) is 0 Å². The van der Waals surface area contributed by atoms with Crippen LogP contribution >= 0.6 is 11.8 Å². The number of halogens is 2. The summed E-state index contributed by atoms with van der Waals surface area (Å²) in [7, 11) is 0. The Morgan fingerprint density at radius 3 is 2.73 bits per heavy atom. The second kappa shape index (κ2) is 8.27. The number of rotatable bonds is 7. The van der Waals surface area contributed by atoms with Crippen molar-refractivity contribution in [3.05, 3.63) is 60.2 Å². The van der Waals surface area contributed by atoms with Gasteiger partial charge in [0, 0.05) is 11.9 Å². The summed E-state index contributed by atoms with van der Waals surface area (Å²) in [5, 5.41) is 0. The quantitative estimate of drug-likeness (QED) is 0.573. The van der Waals surface area contributed by atoms with Crippen LogP contribution in [0, 0.1) is 0 Å². The number of aromatic nitrogens is 3. The van der Waals surface area contributed by atoms with E-state index in [0.29, 0.717) is 16.8 Å². The van der Waals surface area contributed by atoms with Crippen molar-refractivity contribution < 1.29 is 18.3 Å². The Morgan fingerprint density at radius 1 is 1.23 bits per heavy atom. The number of thioether (sulfide) groups is 1. The average Bonchev–Trinajstić information content (AvgIpc) is 3.02. The van der Waals surface area contributed by atoms with Gasteiger partial charge in [-0.15, -0.1) is 11.8 Å². The van der Waals surface area contributed by atoms with Crippen LogP contribution in [0.15, 0.2) is 48.7 Å². The predicted molar refractivity (Wildman–Crippen MR) is 95.9 cm³/mol. The number of pyridine rings is 1. The second-order valence-corrected chi connectivity index (χ2v) is 6.54. The van der Waals surface area contributed by atoms with Gasteiger partial charge in [0.25, 0.3) is 0 Å². The van der Waals surface area contributed by atoms with Gasteiger partial charge < -0.3 is 4.74 Å². The van der Waals surface area contributed by atoms with Crippen LogP contribution < -0.4 is 0 Å². The minimum Gasteiger partial charge on any atom is -0.454 e. The van der Waals surface area contributed by atoms with E-state index in [1.165, 1.54) is 11.8 Å². The number of carbonyl (C=O) groups excluding carboxylic acids is 1. The molecular formula is C18H17F2N3O2S. The molecule has 0 aliphatic carbocycles. The fraction of sp³-hybridized carbons (Fsp3) is 0.278. The Labute approximate surface area is 153 Å². The SMILES string of the molecule is CC(OC(=O)CSCc1ccccn1)c1nc2ccccc2n1C(F)F. The number of hydrogen-bond donors (Lipinski definition) is 0. The summed E-state index contributed by atoms with van der Waals surface area (Å²) >= 11 is 1.35. The van der Waals surface area contributed by atoms with Gasteiger partial charge in [-0.1, -0.05) is 18.2 Å². The van der Waals surface area contributed by atoms with Crippen molar-refractivity contribution in [1.82, 2.24) is 14.5 Å². The molecule has 26 heavy (non-hydrogen) atoms. The lowest BCUT2D eigenvalue weighted by Gasteiger charge is -2.15. The molecule has 3 rings (SSSR count). The zero-order valence-electron chi connectivity index (χ0n) is 14.0. The zero-order chi connectivity index (χ0) is 18.5. The first kappa shape index (κ1) is 18.3. The normalized spacial score (nSPS) is 12.5. The molecule has 2 heterocycles. The third kappa shape index (κ3) is 4.19. The number of para-hydroxylation sites is 2. The molecule has 0 bridgehead atoms. The summed E-state index contributed by atoms with van der Waals surface area (Å²) in [5.74, 6) is 0.228. The summed E-state index contributed by atoms with van der Waals surface area (Å²) in [6, 6.07) is 12.2. The van der Waals surface area contributed by atoms with E-state index in [0.717, 1.165) is 10.3 Å². The van der Waals surface area contributed by atoms with Crippen molar-refractivity contribution in [2.75, 3.05) is 5.75 Å². The molecule has 0 fully saturated rings. The van der Waals surface area contributed by atoms with Gasteiger partial charge in [-0.2, -0.15) is 8.78 Å². The number of nitrogens with zero attached hydrogens (tertiary/aromatic N) is 3. The molecule has 0 saturated carbocycles. The maximum Gasteiger partial charge on any atom is 0.320 e. The maximum atomic E-state index is 13.5. The minimum atomic E-state index is -2.77. The first-order valence-electron chi connectivity index (χ1n) is 7.98. The predicted octanol–water partition coefficient (Wildman–Crippen LogP) is 4.36. The standard InChI is InChI=1S/C18H17F2N3O2S/c1-12(25-16(24)11-26-10-13-6-4-5-9-21-13)17-22-14-7-2-3-8-15(14)23(17)18(19)20/h2-9,12,18H,10-11H2,1H3. The first-order valence-corrected chi connectivity index (χ1v) is 9.14. The molecule has 2 aromatic heterocycles. The van der Waals surface area contributed by atoms with Gasteiger partial charge in [0.1, 0.15) is 0 Å². The molecule has 1 unspecified atom stereocenters. The zero-order valence-corrected chi connectivity index (χ0v) is 14.8. The van der Waals surface area contributed by atoms with Crippen molar-refractivity contribution in [1.29, 1.82) is 0 Å². The summed E-state index contributed by atoms with van der Waals surface area (Å²) in [4.78, 5) is 20.4. The number of ether oxygens (including phenoxy) is 1. The molecule has 8 heteroatoms. The number of carbonyl (C=O) groups is 1. The fourth-order valence-electron chi connectivity index (χ4n) is 2.56. The smallest absolute Gasteiger partial charge is 0.320 e. The first-order chi connectivity index (χ1) is 12.6. The highest BCUT2D eigenvalue weighted by Gasteiger charge is 2.24. The summed E-state index contributed by atoms with van der Waals surface area (Å²) in [5.41, 5.74) is 1.61. The lowest BCUT2D eigenvalue weighted by molar-refractivity contribution is -0.146. The molecule has 1 aromatic carbocycles. The monoisotopic (exact) mass is 377 g/mol. The van der Waals surface area contributed by atoms with Crippen molar-refractivity contribution in [2.24, 2.45) is 0 Å². The third-order valence-corrected chi connectivity index (χ3v) is 4.63. The third-order valence-electron chi connectivity index (χ3n) is 3.69. The van der Waals surface area contributed by atoms with E-state index >= 15 is 0 Å². The molecule has 0 aliphatic rings. The van der Waals surface area contributed by atoms with Gasteiger partial charge in [-0.05, 0) is 31.2 Å². The van der Waals surface area contributed by atoms with Crippen LogP contribution in [0.1, 0.15) is 31.1 Å². The molecule has 0 radical (unpaired) electrons. The van der Waals surface area contributed by atoms with E-state index in [-0.39, 0.29) is 11.6 Å². The molecule has 0 spiro atoms. The van der Waals surface area contributed by atoms with Crippen LogP contribution in [0.5, 0.6) is 0 Å². The fourth-order valence-corrected chi connectivity index (χ4v) is 3.28. The van der Waals surface area contributed by atoms with E-state index < -0.39 is 18.6 Å². The Morgan fingerprint density at radius 2 is 2.00 bits per heavy atom. The molecule has 1 atom stereocenters. The number of alkyl halides is 2. The Balaban J connectivity index is 1.64. The summed E-state index contributed by atoms with van der Waals surface area (Å²) < 4.78 is 33.0. The van der Waals surface area contributed by atoms with Crippen LogP contribution in [0.25, 0.3) is 11.0 Å². The molecular weight excluding hydrogens is 360 g/mol. The Bertz CT molecular complexity index is 887. The van der Waals surface area contributed by atoms with Crippen LogP contribution in [0.2, 0.25) is 0 Å². The van der Waals surface area contributed by atoms with E-state index in [1.54, 1.807) is 37.4 Å². The summed E-state index contributed by atoms with van der Waals surface area (Å²) in [6.07, 6.45) is 0.810. The number of hydrogen-bond acceptors (Lipinski definition) is 5. The van der Waals surface area contributed by atoms with Gasteiger partial charge in [-0.25, -0.2) is 4.98 Å². The minimum absolute atomic E-state index is 0.0317. The molecule has 5 nitrogen and oxygen atoms in total. The highest BCUT2D eigenvalue weighted by molar-refractivity contribution is 7.99. The molecule has 0 N–H and O–H groups in total. The van der Waals surface area contributed by atoms with E-state index in [2.05, 4.69) is 9.97 Å². The highest BCUT2D eigenvalue weighted by atomic mass is 32.2. The lowest BCUT2D eigenvalue weighted by atomic mass is 10.3. The number of fused-ring (bicyclic) bond motifs is 1. The van der Waals surface area contributed by atoms with Gasteiger partial charge in [-0.3, -0.25) is 14.3 Å². The average molecular weight is 377 g/mol. The van der Waals surface area contributed by atoms with Gasteiger partial charge in [0.15, 0.2) is 11.9 Å². The van der Waals surface area contributed by atoms with E-state index in [4.69, 9.17) is 4.74 Å². The van der Waals surface area contributed by atoms with Gasteiger partial charge in [0.2, 0.25) is 0 Å². The second-order valence-electron chi connectivity index (χ2n) is 5.55. The van der Waals surface area contributed by atoms with Crippen LogP contribution in [-0.2, 0) is 15.3 Å². The maximum absolute atomic E-state index is 13.5. The Hall–Kier alpha value is -2.48. The molecule has 136 valence electrons. The highest BCUT2D eigenvalue weighted by Crippen LogP contribution is 2.28. The van der Waals surface area contributed by atoms with Crippen molar-refractivity contribution >= 4 is 28.8 Å². The molecule has 0 aliphatic heterocycles. The molecule has 0 amide bonds.